The molecule has 1 aliphatic heterocycles. The summed E-state index contributed by atoms with van der Waals surface area (Å²) in [6.45, 7) is 7.56. The van der Waals surface area contributed by atoms with Crippen LogP contribution in [0.15, 0.2) is 17.0 Å². The summed E-state index contributed by atoms with van der Waals surface area (Å²) >= 11 is 0. The van der Waals surface area contributed by atoms with Crippen LogP contribution in [0.25, 0.3) is 0 Å². The van der Waals surface area contributed by atoms with Crippen molar-refractivity contribution in [2.75, 3.05) is 13.1 Å². The van der Waals surface area contributed by atoms with E-state index in [0.29, 0.717) is 30.4 Å². The van der Waals surface area contributed by atoms with Gasteiger partial charge in [-0.25, -0.2) is 8.42 Å². The molecule has 1 fully saturated rings. The molecule has 0 bridgehead atoms. The highest BCUT2D eigenvalue weighted by molar-refractivity contribution is 7.89. The van der Waals surface area contributed by atoms with Gasteiger partial charge in [0.2, 0.25) is 10.0 Å². The van der Waals surface area contributed by atoms with Gasteiger partial charge >= 0.3 is 0 Å². The summed E-state index contributed by atoms with van der Waals surface area (Å²) in [6.07, 6.45) is 2.00. The van der Waals surface area contributed by atoms with Gasteiger partial charge in [-0.2, -0.15) is 4.31 Å². The Morgan fingerprint density at radius 1 is 1.35 bits per heavy atom. The molecule has 20 heavy (non-hydrogen) atoms. The first-order chi connectivity index (χ1) is 9.40. The highest BCUT2D eigenvalue weighted by Crippen LogP contribution is 2.29. The van der Waals surface area contributed by atoms with Crippen molar-refractivity contribution in [1.29, 1.82) is 0 Å². The number of hydrogen-bond donors (Lipinski definition) is 1. The SMILES string of the molecule is CCC1CCN(S(=O)(=O)c2cc(CN)cc(C)c2C)C1. The summed E-state index contributed by atoms with van der Waals surface area (Å²) < 4.78 is 27.3. The normalized spacial score (nSPS) is 20.5. The molecule has 112 valence electrons. The van der Waals surface area contributed by atoms with E-state index < -0.39 is 10.0 Å². The molecule has 0 aromatic heterocycles. The lowest BCUT2D eigenvalue weighted by Crippen LogP contribution is -2.29. The Balaban J connectivity index is 2.42. The van der Waals surface area contributed by atoms with E-state index >= 15 is 0 Å². The Morgan fingerprint density at radius 2 is 2.05 bits per heavy atom. The molecular formula is C15H24N2O2S. The number of rotatable bonds is 4. The van der Waals surface area contributed by atoms with Crippen molar-refractivity contribution in [1.82, 2.24) is 4.31 Å². The standard InChI is InChI=1S/C15H24N2O2S/c1-4-13-5-6-17(10-13)20(18,19)15-8-14(9-16)7-11(2)12(15)3/h7-8,13H,4-6,9-10,16H2,1-3H3. The van der Waals surface area contributed by atoms with Crippen LogP contribution in [-0.4, -0.2) is 25.8 Å². The van der Waals surface area contributed by atoms with Gasteiger partial charge in [-0.1, -0.05) is 19.4 Å². The van der Waals surface area contributed by atoms with Crippen LogP contribution in [0.5, 0.6) is 0 Å². The topological polar surface area (TPSA) is 63.4 Å². The number of sulfonamides is 1. The van der Waals surface area contributed by atoms with E-state index in [2.05, 4.69) is 6.92 Å². The molecule has 0 amide bonds. The number of benzene rings is 1. The highest BCUT2D eigenvalue weighted by atomic mass is 32.2. The summed E-state index contributed by atoms with van der Waals surface area (Å²) in [5.41, 5.74) is 8.36. The van der Waals surface area contributed by atoms with Gasteiger partial charge in [-0.15, -0.1) is 0 Å². The van der Waals surface area contributed by atoms with Gasteiger partial charge in [-0.3, -0.25) is 0 Å². The second-order valence-electron chi connectivity index (χ2n) is 5.67. The molecule has 1 heterocycles. The smallest absolute Gasteiger partial charge is 0.243 e. The zero-order chi connectivity index (χ0) is 14.9. The zero-order valence-corrected chi connectivity index (χ0v) is 13.3. The summed E-state index contributed by atoms with van der Waals surface area (Å²) in [5.74, 6) is 0.490. The maximum absolute atomic E-state index is 12.8. The fraction of sp³-hybridized carbons (Fsp3) is 0.600. The molecule has 1 saturated heterocycles. The van der Waals surface area contributed by atoms with E-state index in [-0.39, 0.29) is 0 Å². The van der Waals surface area contributed by atoms with Crippen molar-refractivity contribution in [2.24, 2.45) is 11.7 Å². The Bertz CT molecular complexity index is 596. The first-order valence-electron chi connectivity index (χ1n) is 7.20. The third-order valence-electron chi connectivity index (χ3n) is 4.36. The third kappa shape index (κ3) is 2.75. The summed E-state index contributed by atoms with van der Waals surface area (Å²) in [7, 11) is -3.39. The molecule has 1 aromatic carbocycles. The van der Waals surface area contributed by atoms with Crippen LogP contribution in [0, 0.1) is 19.8 Å². The number of nitrogens with zero attached hydrogens (tertiary/aromatic N) is 1. The van der Waals surface area contributed by atoms with Gasteiger partial charge in [0.15, 0.2) is 0 Å². The van der Waals surface area contributed by atoms with Crippen molar-refractivity contribution in [2.45, 2.75) is 45.1 Å². The lowest BCUT2D eigenvalue weighted by atomic mass is 10.1. The lowest BCUT2D eigenvalue weighted by molar-refractivity contribution is 0.452. The number of hydrogen-bond acceptors (Lipinski definition) is 3. The highest BCUT2D eigenvalue weighted by Gasteiger charge is 2.33. The van der Waals surface area contributed by atoms with E-state index in [1.54, 1.807) is 10.4 Å². The van der Waals surface area contributed by atoms with Crippen molar-refractivity contribution >= 4 is 10.0 Å². The van der Waals surface area contributed by atoms with E-state index in [1.807, 2.05) is 19.9 Å². The molecular weight excluding hydrogens is 272 g/mol. The van der Waals surface area contributed by atoms with Crippen LogP contribution < -0.4 is 5.73 Å². The van der Waals surface area contributed by atoms with Crippen LogP contribution in [0.3, 0.4) is 0 Å². The maximum atomic E-state index is 12.8. The predicted octanol–water partition coefficient (Wildman–Crippen LogP) is 2.18. The van der Waals surface area contributed by atoms with Crippen molar-refractivity contribution in [3.05, 3.63) is 28.8 Å². The van der Waals surface area contributed by atoms with Gasteiger partial charge in [0.25, 0.3) is 0 Å². The molecule has 0 saturated carbocycles. The van der Waals surface area contributed by atoms with E-state index in [9.17, 15) is 8.42 Å². The third-order valence-corrected chi connectivity index (χ3v) is 6.35. The summed E-state index contributed by atoms with van der Waals surface area (Å²) in [5, 5.41) is 0. The van der Waals surface area contributed by atoms with Crippen molar-refractivity contribution < 1.29 is 8.42 Å². The first-order valence-corrected chi connectivity index (χ1v) is 8.64. The molecule has 0 spiro atoms. The first kappa shape index (κ1) is 15.5. The Morgan fingerprint density at radius 3 is 2.60 bits per heavy atom. The number of aryl methyl sites for hydroxylation is 1. The second kappa shape index (κ2) is 5.84. The Kier molecular flexibility index (Phi) is 4.52. The lowest BCUT2D eigenvalue weighted by Gasteiger charge is -2.19. The van der Waals surface area contributed by atoms with Gasteiger partial charge in [-0.05, 0) is 48.9 Å². The maximum Gasteiger partial charge on any atom is 0.243 e. The zero-order valence-electron chi connectivity index (χ0n) is 12.5. The fourth-order valence-corrected chi connectivity index (χ4v) is 4.65. The average Bonchev–Trinajstić information content (AvgIpc) is 2.91. The summed E-state index contributed by atoms with van der Waals surface area (Å²) in [4.78, 5) is 0.426. The molecule has 1 atom stereocenters. The van der Waals surface area contributed by atoms with Crippen LogP contribution in [0.1, 0.15) is 36.5 Å². The van der Waals surface area contributed by atoms with E-state index in [4.69, 9.17) is 5.73 Å². The Labute approximate surface area is 122 Å². The quantitative estimate of drug-likeness (QED) is 0.926. The molecule has 2 N–H and O–H groups in total. The van der Waals surface area contributed by atoms with Gasteiger partial charge in [0.05, 0.1) is 4.90 Å². The second-order valence-corrected chi connectivity index (χ2v) is 7.57. The minimum absolute atomic E-state index is 0.362. The minimum atomic E-state index is -3.39. The van der Waals surface area contributed by atoms with Crippen molar-refractivity contribution in [3.8, 4) is 0 Å². The average molecular weight is 296 g/mol. The Hall–Kier alpha value is -0.910. The predicted molar refractivity (Wildman–Crippen MR) is 81.0 cm³/mol. The minimum Gasteiger partial charge on any atom is -0.326 e. The van der Waals surface area contributed by atoms with Crippen LogP contribution in [0.2, 0.25) is 0 Å². The molecule has 1 aliphatic rings. The van der Waals surface area contributed by atoms with E-state index in [0.717, 1.165) is 29.5 Å². The monoisotopic (exact) mass is 296 g/mol. The molecule has 1 unspecified atom stereocenters. The number of nitrogens with two attached hydrogens (primary N) is 1. The van der Waals surface area contributed by atoms with Crippen LogP contribution in [0.4, 0.5) is 0 Å². The summed E-state index contributed by atoms with van der Waals surface area (Å²) in [6, 6.07) is 3.70. The van der Waals surface area contributed by atoms with E-state index in [1.165, 1.54) is 0 Å². The molecule has 4 nitrogen and oxygen atoms in total. The molecule has 5 heteroatoms. The molecule has 0 aliphatic carbocycles. The fourth-order valence-electron chi connectivity index (χ4n) is 2.77. The van der Waals surface area contributed by atoms with Crippen LogP contribution >= 0.6 is 0 Å². The van der Waals surface area contributed by atoms with Crippen LogP contribution in [-0.2, 0) is 16.6 Å². The largest absolute Gasteiger partial charge is 0.326 e. The molecule has 2 rings (SSSR count). The molecule has 1 aromatic rings. The van der Waals surface area contributed by atoms with Gasteiger partial charge in [0.1, 0.15) is 0 Å². The molecule has 0 radical (unpaired) electrons. The van der Waals surface area contributed by atoms with Crippen molar-refractivity contribution in [3.63, 3.8) is 0 Å². The van der Waals surface area contributed by atoms with Gasteiger partial charge in [0, 0.05) is 19.6 Å². The van der Waals surface area contributed by atoms with Gasteiger partial charge < -0.3 is 5.73 Å².